The number of aliphatic hydroxyl groups excluding tert-OH is 2. The van der Waals surface area contributed by atoms with Gasteiger partial charge in [-0.15, -0.1) is 0 Å². The van der Waals surface area contributed by atoms with Gasteiger partial charge in [0.05, 0.1) is 40.0 Å². The first-order chi connectivity index (χ1) is 30.8. The van der Waals surface area contributed by atoms with Crippen LogP contribution in [0, 0.1) is 0 Å². The van der Waals surface area contributed by atoms with Gasteiger partial charge >= 0.3 is 19.8 Å². The van der Waals surface area contributed by atoms with E-state index in [1.54, 1.807) is 0 Å². The molecule has 0 aliphatic carbocycles. The fraction of sp³-hybridized carbons (Fsp3) is 0.769. The number of aliphatic hydroxyl groups is 2. The fourth-order valence-electron chi connectivity index (χ4n) is 6.68. The van der Waals surface area contributed by atoms with Crippen LogP contribution in [0.2, 0.25) is 0 Å². The first-order valence-corrected chi connectivity index (χ1v) is 26.7. The highest BCUT2D eigenvalue weighted by Gasteiger charge is 2.27. The topological polar surface area (TPSA) is 149 Å². The summed E-state index contributed by atoms with van der Waals surface area (Å²) in [5.41, 5.74) is 0. The van der Waals surface area contributed by atoms with Gasteiger partial charge in [0.2, 0.25) is 0 Å². The van der Waals surface area contributed by atoms with Crippen LogP contribution in [0.4, 0.5) is 0 Å². The molecule has 3 N–H and O–H groups in total. The van der Waals surface area contributed by atoms with Crippen molar-refractivity contribution in [2.45, 2.75) is 212 Å². The van der Waals surface area contributed by atoms with Crippen LogP contribution in [0.5, 0.6) is 0 Å². The lowest BCUT2D eigenvalue weighted by Gasteiger charge is -2.24. The molecule has 0 aliphatic rings. The monoisotopic (exact) mass is 925 g/mol. The van der Waals surface area contributed by atoms with Crippen molar-refractivity contribution in [1.29, 1.82) is 0 Å². The van der Waals surface area contributed by atoms with E-state index in [1.807, 2.05) is 33.3 Å². The van der Waals surface area contributed by atoms with Gasteiger partial charge in [-0.3, -0.25) is 18.6 Å². The number of unbranched alkanes of at least 4 members (excludes halogenated alkanes) is 17. The van der Waals surface area contributed by atoms with Crippen LogP contribution in [0.25, 0.3) is 0 Å². The van der Waals surface area contributed by atoms with Crippen LogP contribution in [0.3, 0.4) is 0 Å². The van der Waals surface area contributed by atoms with E-state index < -0.39 is 44.7 Å². The SMILES string of the molecule is CC/C=C\C/C=C\C/C=C\C/C=C\C[C@@H](O)[C@H](O)CCCC(=O)O[C@H](COC(=O)CCCCCCCCCCCCC/C=C\CCCCCCCC)COP(=O)(O)OCC[N+](C)(C)C. The third-order valence-corrected chi connectivity index (χ3v) is 11.7. The number of hydrogen-bond acceptors (Lipinski definition) is 9. The molecule has 0 fully saturated rings. The number of quaternary nitrogens is 1. The van der Waals surface area contributed by atoms with E-state index in [-0.39, 0.29) is 45.3 Å². The molecule has 4 atom stereocenters. The summed E-state index contributed by atoms with van der Waals surface area (Å²) in [5.74, 6) is -1.09. The van der Waals surface area contributed by atoms with E-state index in [2.05, 4.69) is 62.5 Å². The second kappa shape index (κ2) is 43.2. The highest BCUT2D eigenvalue weighted by atomic mass is 31.2. The number of allylic oxidation sites excluding steroid dienone is 9. The third kappa shape index (κ3) is 44.8. The van der Waals surface area contributed by atoms with Crippen molar-refractivity contribution < 1.29 is 52.3 Å². The fourth-order valence-corrected chi connectivity index (χ4v) is 7.43. The van der Waals surface area contributed by atoms with Gasteiger partial charge in [0.25, 0.3) is 0 Å². The first-order valence-electron chi connectivity index (χ1n) is 25.2. The van der Waals surface area contributed by atoms with Crippen LogP contribution in [0.15, 0.2) is 60.8 Å². The zero-order valence-electron chi connectivity index (χ0n) is 41.2. The van der Waals surface area contributed by atoms with Gasteiger partial charge in [-0.1, -0.05) is 164 Å². The molecule has 0 bridgehead atoms. The summed E-state index contributed by atoms with van der Waals surface area (Å²) in [5, 5.41) is 20.8. The van der Waals surface area contributed by atoms with Gasteiger partial charge in [0.15, 0.2) is 6.10 Å². The Morgan fingerprint density at radius 3 is 1.58 bits per heavy atom. The van der Waals surface area contributed by atoms with Crippen molar-refractivity contribution in [2.75, 3.05) is 47.5 Å². The Labute approximate surface area is 391 Å². The van der Waals surface area contributed by atoms with E-state index in [9.17, 15) is 29.3 Å². The molecule has 1 unspecified atom stereocenters. The van der Waals surface area contributed by atoms with Crippen molar-refractivity contribution in [3.63, 3.8) is 0 Å². The maximum Gasteiger partial charge on any atom is 0.472 e. The van der Waals surface area contributed by atoms with Crippen molar-refractivity contribution in [3.8, 4) is 0 Å². The molecular formula is C52H95NO10P+. The summed E-state index contributed by atoms with van der Waals surface area (Å²) in [6.07, 6.45) is 45.9. The first kappa shape index (κ1) is 61.6. The van der Waals surface area contributed by atoms with E-state index in [1.165, 1.54) is 96.3 Å². The summed E-state index contributed by atoms with van der Waals surface area (Å²) < 4.78 is 34.2. The second-order valence-electron chi connectivity index (χ2n) is 18.1. The normalized spacial score (nSPS) is 14.9. The van der Waals surface area contributed by atoms with Crippen LogP contribution < -0.4 is 0 Å². The number of likely N-dealkylation sites (N-methyl/N-ethyl adjacent to an activating group) is 1. The number of carbonyl (C=O) groups is 2. The molecule has 11 nitrogen and oxygen atoms in total. The minimum Gasteiger partial charge on any atom is -0.462 e. The van der Waals surface area contributed by atoms with E-state index >= 15 is 0 Å². The molecule has 0 amide bonds. The quantitative estimate of drug-likeness (QED) is 0.0177. The third-order valence-electron chi connectivity index (χ3n) is 10.7. The Balaban J connectivity index is 4.46. The molecular weight excluding hydrogens is 830 g/mol. The van der Waals surface area contributed by atoms with Gasteiger partial charge in [0.1, 0.15) is 19.8 Å². The Hall–Kier alpha value is -2.37. The lowest BCUT2D eigenvalue weighted by molar-refractivity contribution is -0.870. The minimum absolute atomic E-state index is 0.0230. The van der Waals surface area contributed by atoms with Gasteiger partial charge in [-0.2, -0.15) is 0 Å². The number of rotatable bonds is 45. The van der Waals surface area contributed by atoms with Gasteiger partial charge in [0, 0.05) is 12.8 Å². The average Bonchev–Trinajstić information content (AvgIpc) is 3.24. The Bertz CT molecular complexity index is 1310. The Morgan fingerprint density at radius 1 is 0.562 bits per heavy atom. The molecule has 0 heterocycles. The van der Waals surface area contributed by atoms with E-state index in [0.717, 1.165) is 44.9 Å². The van der Waals surface area contributed by atoms with Gasteiger partial charge < -0.3 is 29.1 Å². The number of phosphoric ester groups is 1. The van der Waals surface area contributed by atoms with Crippen LogP contribution in [-0.2, 0) is 32.7 Å². The summed E-state index contributed by atoms with van der Waals surface area (Å²) >= 11 is 0. The summed E-state index contributed by atoms with van der Waals surface area (Å²) in [6.45, 7) is 3.97. The Morgan fingerprint density at radius 2 is 1.05 bits per heavy atom. The number of phosphoric acid groups is 1. The summed E-state index contributed by atoms with van der Waals surface area (Å²) in [6, 6.07) is 0. The Kier molecular flexibility index (Phi) is 41.6. The molecule has 0 aromatic heterocycles. The summed E-state index contributed by atoms with van der Waals surface area (Å²) in [7, 11) is 1.29. The maximum absolute atomic E-state index is 12.8. The molecule has 0 aromatic carbocycles. The minimum atomic E-state index is -4.46. The zero-order valence-corrected chi connectivity index (χ0v) is 42.1. The zero-order chi connectivity index (χ0) is 47.4. The molecule has 0 saturated carbocycles. The molecule has 0 aromatic rings. The molecule has 372 valence electrons. The van der Waals surface area contributed by atoms with E-state index in [0.29, 0.717) is 17.4 Å². The number of ether oxygens (including phenoxy) is 2. The molecule has 0 aliphatic heterocycles. The molecule has 0 spiro atoms. The van der Waals surface area contributed by atoms with Crippen LogP contribution >= 0.6 is 7.82 Å². The molecule has 0 saturated heterocycles. The van der Waals surface area contributed by atoms with Gasteiger partial charge in [-0.25, -0.2) is 4.57 Å². The maximum atomic E-state index is 12.8. The standard InChI is InChI=1S/C52H94NO10P/c1-6-8-10-12-14-16-18-20-21-22-23-24-25-26-27-28-30-32-34-36-38-42-51(56)60-46-48(47-62-64(58,59)61-45-44-53(3,4)5)63-52(57)43-39-41-50(55)49(54)40-37-35-33-31-29-19-17-15-13-11-9-7-2/h9,11,15,17,20-21,29,31,35,37,48-50,54-55H,6-8,10,12-14,16,18-19,22-28,30,32-34,36,38-47H2,1-5H3/p+1/b11-9-,17-15-,21-20-,31-29-,37-35-/t48-,49-,50-/m1/s1. The van der Waals surface area contributed by atoms with Gasteiger partial charge in [-0.05, 0) is 77.0 Å². The smallest absolute Gasteiger partial charge is 0.462 e. The molecule has 0 rings (SSSR count). The predicted molar refractivity (Wildman–Crippen MR) is 264 cm³/mol. The highest BCUT2D eigenvalue weighted by Crippen LogP contribution is 2.43. The van der Waals surface area contributed by atoms with Crippen LogP contribution in [-0.4, -0.2) is 97.3 Å². The predicted octanol–water partition coefficient (Wildman–Crippen LogP) is 12.7. The molecule has 12 heteroatoms. The van der Waals surface area contributed by atoms with Crippen molar-refractivity contribution in [2.24, 2.45) is 0 Å². The average molecular weight is 925 g/mol. The lowest BCUT2D eigenvalue weighted by atomic mass is 10.0. The summed E-state index contributed by atoms with van der Waals surface area (Å²) in [4.78, 5) is 35.6. The molecule has 64 heavy (non-hydrogen) atoms. The highest BCUT2D eigenvalue weighted by molar-refractivity contribution is 7.47. The number of nitrogens with zero attached hydrogens (tertiary/aromatic N) is 1. The van der Waals surface area contributed by atoms with Crippen molar-refractivity contribution in [3.05, 3.63) is 60.8 Å². The van der Waals surface area contributed by atoms with E-state index in [4.69, 9.17) is 18.5 Å². The molecule has 0 radical (unpaired) electrons. The number of esters is 2. The largest absolute Gasteiger partial charge is 0.472 e. The van der Waals surface area contributed by atoms with Crippen molar-refractivity contribution in [1.82, 2.24) is 0 Å². The number of hydrogen-bond donors (Lipinski definition) is 3. The van der Waals surface area contributed by atoms with Crippen LogP contribution in [0.1, 0.15) is 194 Å². The number of carbonyl (C=O) groups excluding carboxylic acids is 2. The van der Waals surface area contributed by atoms with Crippen molar-refractivity contribution >= 4 is 19.8 Å². The lowest BCUT2D eigenvalue weighted by Crippen LogP contribution is -2.37. The second-order valence-corrected chi connectivity index (χ2v) is 19.6.